The van der Waals surface area contributed by atoms with Crippen LogP contribution in [0.5, 0.6) is 0 Å². The van der Waals surface area contributed by atoms with Gasteiger partial charge in [-0.3, -0.25) is 4.98 Å². The lowest BCUT2D eigenvalue weighted by atomic mass is 9.90. The maximum absolute atomic E-state index is 4.75. The highest BCUT2D eigenvalue weighted by Crippen LogP contribution is 2.40. The number of nitrogens with zero attached hydrogens (tertiary/aromatic N) is 1. The van der Waals surface area contributed by atoms with Gasteiger partial charge in [0.15, 0.2) is 0 Å². The van der Waals surface area contributed by atoms with E-state index in [0.29, 0.717) is 0 Å². The standard InChI is InChI=1S/C25H15N/c1-3-8-18-16(6-1)11-13-20-21-10-5-15-26-25(21)22-14-12-17-7-2-4-9-19(17)24(22)23(18)20/h1-15H. The minimum absolute atomic E-state index is 1.08. The molecule has 0 fully saturated rings. The third kappa shape index (κ3) is 1.72. The number of hydrogen-bond acceptors (Lipinski definition) is 1. The molecular weight excluding hydrogens is 314 g/mol. The molecular formula is C25H15N. The van der Waals surface area contributed by atoms with Crippen molar-refractivity contribution in [3.05, 3.63) is 91.1 Å². The normalized spacial score (nSPS) is 11.8. The molecule has 5 aromatic carbocycles. The molecule has 0 aliphatic heterocycles. The number of benzene rings is 5. The highest BCUT2D eigenvalue weighted by atomic mass is 14.6. The van der Waals surface area contributed by atoms with Crippen LogP contribution in [0.15, 0.2) is 91.1 Å². The number of fused-ring (bicyclic) bond motifs is 10. The maximum atomic E-state index is 4.75. The summed E-state index contributed by atoms with van der Waals surface area (Å²) in [4.78, 5) is 4.75. The van der Waals surface area contributed by atoms with Gasteiger partial charge in [0.05, 0.1) is 5.52 Å². The minimum atomic E-state index is 1.08. The Labute approximate surface area is 150 Å². The van der Waals surface area contributed by atoms with E-state index < -0.39 is 0 Å². The summed E-state index contributed by atoms with van der Waals surface area (Å²) in [6.07, 6.45) is 1.89. The van der Waals surface area contributed by atoms with Gasteiger partial charge in [0.2, 0.25) is 0 Å². The molecule has 0 bridgehead atoms. The Morgan fingerprint density at radius 3 is 1.73 bits per heavy atom. The van der Waals surface area contributed by atoms with Gasteiger partial charge in [0, 0.05) is 22.4 Å². The fourth-order valence-electron chi connectivity index (χ4n) is 4.34. The van der Waals surface area contributed by atoms with Crippen molar-refractivity contribution in [2.75, 3.05) is 0 Å². The van der Waals surface area contributed by atoms with E-state index in [9.17, 15) is 0 Å². The van der Waals surface area contributed by atoms with Crippen LogP contribution in [-0.2, 0) is 0 Å². The fraction of sp³-hybridized carbons (Fsp3) is 0. The number of rotatable bonds is 0. The fourth-order valence-corrected chi connectivity index (χ4v) is 4.34. The molecule has 1 aromatic heterocycles. The highest BCUT2D eigenvalue weighted by molar-refractivity contribution is 6.35. The van der Waals surface area contributed by atoms with Crippen LogP contribution in [0, 0.1) is 0 Å². The molecule has 0 unspecified atom stereocenters. The zero-order valence-electron chi connectivity index (χ0n) is 14.1. The predicted octanol–water partition coefficient (Wildman–Crippen LogP) is 6.85. The maximum Gasteiger partial charge on any atom is 0.0786 e. The molecule has 0 amide bonds. The van der Waals surface area contributed by atoms with Crippen LogP contribution in [0.3, 0.4) is 0 Å². The Balaban J connectivity index is 2.09. The van der Waals surface area contributed by atoms with E-state index in [1.165, 1.54) is 48.5 Å². The van der Waals surface area contributed by atoms with E-state index in [1.807, 2.05) is 12.3 Å². The monoisotopic (exact) mass is 329 g/mol. The van der Waals surface area contributed by atoms with Gasteiger partial charge in [0.1, 0.15) is 0 Å². The van der Waals surface area contributed by atoms with Crippen LogP contribution >= 0.6 is 0 Å². The van der Waals surface area contributed by atoms with Crippen LogP contribution < -0.4 is 0 Å². The molecule has 0 spiro atoms. The average Bonchev–Trinajstić information content (AvgIpc) is 2.73. The molecule has 26 heavy (non-hydrogen) atoms. The lowest BCUT2D eigenvalue weighted by Crippen LogP contribution is -1.88. The van der Waals surface area contributed by atoms with Gasteiger partial charge in [0.25, 0.3) is 0 Å². The number of aromatic nitrogens is 1. The van der Waals surface area contributed by atoms with Crippen LogP contribution in [-0.4, -0.2) is 4.98 Å². The Kier molecular flexibility index (Phi) is 2.67. The lowest BCUT2D eigenvalue weighted by molar-refractivity contribution is 1.43. The molecule has 0 saturated heterocycles. The van der Waals surface area contributed by atoms with Gasteiger partial charge in [-0.2, -0.15) is 0 Å². The molecule has 1 heteroatoms. The van der Waals surface area contributed by atoms with E-state index >= 15 is 0 Å². The van der Waals surface area contributed by atoms with Gasteiger partial charge in [-0.1, -0.05) is 78.9 Å². The van der Waals surface area contributed by atoms with Crippen molar-refractivity contribution in [1.29, 1.82) is 0 Å². The summed E-state index contributed by atoms with van der Waals surface area (Å²) >= 11 is 0. The van der Waals surface area contributed by atoms with Crippen LogP contribution in [0.25, 0.3) is 54.0 Å². The zero-order chi connectivity index (χ0) is 17.1. The molecule has 6 aromatic rings. The van der Waals surface area contributed by atoms with Crippen molar-refractivity contribution in [2.45, 2.75) is 0 Å². The second-order valence-electron chi connectivity index (χ2n) is 6.82. The topological polar surface area (TPSA) is 12.9 Å². The zero-order valence-corrected chi connectivity index (χ0v) is 14.1. The van der Waals surface area contributed by atoms with Crippen molar-refractivity contribution in [1.82, 2.24) is 4.98 Å². The van der Waals surface area contributed by atoms with Gasteiger partial charge in [-0.15, -0.1) is 0 Å². The first-order valence-electron chi connectivity index (χ1n) is 8.91. The summed E-state index contributed by atoms with van der Waals surface area (Å²) in [5.74, 6) is 0. The molecule has 1 nitrogen and oxygen atoms in total. The molecule has 0 N–H and O–H groups in total. The Morgan fingerprint density at radius 1 is 0.423 bits per heavy atom. The third-order valence-corrected chi connectivity index (χ3v) is 5.46. The first-order valence-corrected chi connectivity index (χ1v) is 8.91. The highest BCUT2D eigenvalue weighted by Gasteiger charge is 2.13. The second-order valence-corrected chi connectivity index (χ2v) is 6.82. The van der Waals surface area contributed by atoms with E-state index in [-0.39, 0.29) is 0 Å². The summed E-state index contributed by atoms with van der Waals surface area (Å²) < 4.78 is 0. The van der Waals surface area contributed by atoms with Crippen molar-refractivity contribution >= 4 is 54.0 Å². The Morgan fingerprint density at radius 2 is 1.00 bits per heavy atom. The lowest BCUT2D eigenvalue weighted by Gasteiger charge is -2.14. The van der Waals surface area contributed by atoms with E-state index in [2.05, 4.69) is 78.9 Å². The van der Waals surface area contributed by atoms with E-state index in [4.69, 9.17) is 4.98 Å². The van der Waals surface area contributed by atoms with Gasteiger partial charge in [-0.25, -0.2) is 0 Å². The summed E-state index contributed by atoms with van der Waals surface area (Å²) in [5, 5.41) is 11.5. The molecule has 6 rings (SSSR count). The molecule has 0 saturated carbocycles. The van der Waals surface area contributed by atoms with Crippen molar-refractivity contribution in [3.63, 3.8) is 0 Å². The number of hydrogen-bond donors (Lipinski definition) is 0. The predicted molar refractivity (Wildman–Crippen MR) is 112 cm³/mol. The SMILES string of the molecule is c1ccc2c(c1)ccc1c3cccnc3c3ccc4ccccc4c3c21. The minimum Gasteiger partial charge on any atom is -0.256 e. The summed E-state index contributed by atoms with van der Waals surface area (Å²) in [7, 11) is 0. The van der Waals surface area contributed by atoms with Crippen molar-refractivity contribution in [2.24, 2.45) is 0 Å². The molecule has 0 aliphatic carbocycles. The molecule has 0 radical (unpaired) electrons. The Hall–Kier alpha value is -3.45. The van der Waals surface area contributed by atoms with Gasteiger partial charge >= 0.3 is 0 Å². The molecule has 0 atom stereocenters. The Bertz CT molecular complexity index is 1360. The van der Waals surface area contributed by atoms with E-state index in [0.717, 1.165) is 5.52 Å². The summed E-state index contributed by atoms with van der Waals surface area (Å²) in [5.41, 5.74) is 1.08. The van der Waals surface area contributed by atoms with Gasteiger partial charge in [-0.05, 0) is 38.4 Å². The molecule has 0 aliphatic rings. The largest absolute Gasteiger partial charge is 0.256 e. The van der Waals surface area contributed by atoms with Crippen molar-refractivity contribution in [3.8, 4) is 0 Å². The molecule has 1 heterocycles. The summed E-state index contributed by atoms with van der Waals surface area (Å²) in [6.45, 7) is 0. The quantitative estimate of drug-likeness (QED) is 0.278. The van der Waals surface area contributed by atoms with E-state index in [1.54, 1.807) is 0 Å². The smallest absolute Gasteiger partial charge is 0.0786 e. The number of pyridine rings is 1. The van der Waals surface area contributed by atoms with Crippen LogP contribution in [0.2, 0.25) is 0 Å². The third-order valence-electron chi connectivity index (χ3n) is 5.46. The first-order chi connectivity index (χ1) is 12.9. The summed E-state index contributed by atoms with van der Waals surface area (Å²) in [6, 6.07) is 30.5. The van der Waals surface area contributed by atoms with Crippen molar-refractivity contribution < 1.29 is 0 Å². The molecule has 120 valence electrons. The van der Waals surface area contributed by atoms with Crippen LogP contribution in [0.1, 0.15) is 0 Å². The van der Waals surface area contributed by atoms with Gasteiger partial charge < -0.3 is 0 Å². The second kappa shape index (κ2) is 5.03. The first kappa shape index (κ1) is 13.8. The average molecular weight is 329 g/mol. The van der Waals surface area contributed by atoms with Crippen LogP contribution in [0.4, 0.5) is 0 Å².